The van der Waals surface area contributed by atoms with Gasteiger partial charge in [0, 0.05) is 5.69 Å². The van der Waals surface area contributed by atoms with Crippen LogP contribution in [0.25, 0.3) is 0 Å². The number of carbonyl (C=O) groups excluding carboxylic acids is 3. The van der Waals surface area contributed by atoms with E-state index < -0.39 is 52.2 Å². The molecule has 0 aliphatic rings. The predicted octanol–water partition coefficient (Wildman–Crippen LogP) is 1.41. The first kappa shape index (κ1) is 24.0. The zero-order chi connectivity index (χ0) is 23.2. The molecule has 0 fully saturated rings. The molecule has 0 bridgehead atoms. The van der Waals surface area contributed by atoms with Crippen LogP contribution in [-0.4, -0.2) is 38.9 Å². The Morgan fingerprint density at radius 1 is 1.06 bits per heavy atom. The number of ether oxygens (including phenoxy) is 1. The van der Waals surface area contributed by atoms with Gasteiger partial charge in [-0.1, -0.05) is 26.0 Å². The Kier molecular flexibility index (Phi) is 7.83. The highest BCUT2D eigenvalue weighted by Crippen LogP contribution is 2.13. The van der Waals surface area contributed by atoms with Gasteiger partial charge in [0.15, 0.2) is 6.61 Å². The summed E-state index contributed by atoms with van der Waals surface area (Å²) >= 11 is 0. The van der Waals surface area contributed by atoms with E-state index in [1.54, 1.807) is 13.8 Å². The van der Waals surface area contributed by atoms with Gasteiger partial charge in [0.25, 0.3) is 11.8 Å². The first-order chi connectivity index (χ1) is 14.5. The van der Waals surface area contributed by atoms with Crippen LogP contribution >= 0.6 is 0 Å². The average Bonchev–Trinajstić information content (AvgIpc) is 2.70. The minimum absolute atomic E-state index is 0.123. The Balaban J connectivity index is 1.94. The first-order valence-electron chi connectivity index (χ1n) is 9.13. The van der Waals surface area contributed by atoms with Crippen LogP contribution in [0.3, 0.4) is 0 Å². The molecular weight excluding hydrogens is 429 g/mol. The molecule has 0 aliphatic carbocycles. The molecule has 166 valence electrons. The summed E-state index contributed by atoms with van der Waals surface area (Å²) in [6.45, 7) is 2.66. The van der Waals surface area contributed by atoms with Gasteiger partial charge < -0.3 is 15.4 Å². The lowest BCUT2D eigenvalue weighted by Crippen LogP contribution is -2.46. The van der Waals surface area contributed by atoms with Crippen LogP contribution < -0.4 is 15.8 Å². The quantitative estimate of drug-likeness (QED) is 0.518. The summed E-state index contributed by atoms with van der Waals surface area (Å²) in [4.78, 5) is 36.5. The molecule has 4 N–H and O–H groups in total. The molecule has 9 nitrogen and oxygen atoms in total. The number of anilines is 1. The highest BCUT2D eigenvalue weighted by atomic mass is 32.2. The summed E-state index contributed by atoms with van der Waals surface area (Å²) in [7, 11) is -3.86. The van der Waals surface area contributed by atoms with Gasteiger partial charge in [-0.25, -0.2) is 22.7 Å². The second kappa shape index (κ2) is 10.1. The molecular formula is C20H22FN3O6S. The Morgan fingerprint density at radius 3 is 2.23 bits per heavy atom. The van der Waals surface area contributed by atoms with Crippen molar-refractivity contribution in [3.05, 3.63) is 59.9 Å². The molecule has 2 rings (SSSR count). The first-order valence-corrected chi connectivity index (χ1v) is 10.7. The van der Waals surface area contributed by atoms with Crippen molar-refractivity contribution in [3.8, 4) is 0 Å². The minimum Gasteiger partial charge on any atom is -0.454 e. The van der Waals surface area contributed by atoms with E-state index in [0.717, 1.165) is 6.07 Å². The van der Waals surface area contributed by atoms with Crippen molar-refractivity contribution < 1.29 is 31.9 Å². The summed E-state index contributed by atoms with van der Waals surface area (Å²) in [6, 6.07) is 9.29. The van der Waals surface area contributed by atoms with Crippen molar-refractivity contribution in [2.75, 3.05) is 11.9 Å². The molecule has 31 heavy (non-hydrogen) atoms. The number of nitrogens with one attached hydrogen (secondary N) is 2. The van der Waals surface area contributed by atoms with E-state index in [4.69, 9.17) is 9.88 Å². The SMILES string of the molecule is CC(C)[C@H](NC(=O)c1ccccc1F)C(=O)OCC(=O)Nc1ccc(S(N)(=O)=O)cc1. The van der Waals surface area contributed by atoms with Gasteiger partial charge >= 0.3 is 5.97 Å². The maximum Gasteiger partial charge on any atom is 0.329 e. The standard InChI is InChI=1S/C20H22FN3O6S/c1-12(2)18(24-19(26)15-5-3-4-6-16(15)21)20(27)30-11-17(25)23-13-7-9-14(10-8-13)31(22,28)29/h3-10,12,18H,11H2,1-2H3,(H,23,25)(H,24,26)(H2,22,28,29)/t18-/m0/s1. The Hall–Kier alpha value is -3.31. The number of hydrogen-bond donors (Lipinski definition) is 3. The largest absolute Gasteiger partial charge is 0.454 e. The normalized spacial score (nSPS) is 12.2. The molecule has 0 saturated heterocycles. The van der Waals surface area contributed by atoms with Crippen molar-refractivity contribution in [1.82, 2.24) is 5.32 Å². The number of esters is 1. The van der Waals surface area contributed by atoms with Gasteiger partial charge in [-0.3, -0.25) is 9.59 Å². The van der Waals surface area contributed by atoms with Crippen molar-refractivity contribution in [2.24, 2.45) is 11.1 Å². The van der Waals surface area contributed by atoms with Crippen LogP contribution in [-0.2, 0) is 24.3 Å². The lowest BCUT2D eigenvalue weighted by molar-refractivity contribution is -0.150. The molecule has 0 radical (unpaired) electrons. The topological polar surface area (TPSA) is 145 Å². The second-order valence-electron chi connectivity index (χ2n) is 6.90. The number of carbonyl (C=O) groups is 3. The van der Waals surface area contributed by atoms with Crippen molar-refractivity contribution in [1.29, 1.82) is 0 Å². The van der Waals surface area contributed by atoms with Crippen LogP contribution in [0.15, 0.2) is 53.4 Å². The van der Waals surface area contributed by atoms with E-state index in [1.165, 1.54) is 42.5 Å². The number of benzene rings is 2. The van der Waals surface area contributed by atoms with Gasteiger partial charge in [0.1, 0.15) is 11.9 Å². The van der Waals surface area contributed by atoms with E-state index in [2.05, 4.69) is 10.6 Å². The van der Waals surface area contributed by atoms with E-state index in [9.17, 15) is 27.2 Å². The number of primary sulfonamides is 1. The minimum atomic E-state index is -3.86. The highest BCUT2D eigenvalue weighted by molar-refractivity contribution is 7.89. The summed E-state index contributed by atoms with van der Waals surface area (Å²) in [5.41, 5.74) is 0.0448. The predicted molar refractivity (Wildman–Crippen MR) is 110 cm³/mol. The van der Waals surface area contributed by atoms with Crippen LogP contribution in [0.2, 0.25) is 0 Å². The van der Waals surface area contributed by atoms with Crippen LogP contribution in [0.1, 0.15) is 24.2 Å². The maximum atomic E-state index is 13.8. The smallest absolute Gasteiger partial charge is 0.329 e. The third-order valence-electron chi connectivity index (χ3n) is 4.14. The van der Waals surface area contributed by atoms with Gasteiger partial charge in [0.05, 0.1) is 10.5 Å². The molecule has 2 aromatic rings. The summed E-state index contributed by atoms with van der Waals surface area (Å²) in [5.74, 6) is -3.45. The number of amides is 2. The van der Waals surface area contributed by atoms with E-state index in [1.807, 2.05) is 0 Å². The Labute approximate surface area is 178 Å². The van der Waals surface area contributed by atoms with Gasteiger partial charge in [0.2, 0.25) is 10.0 Å². The molecule has 0 unspecified atom stereocenters. The number of hydrogen-bond acceptors (Lipinski definition) is 6. The molecule has 0 aromatic heterocycles. The molecule has 1 atom stereocenters. The number of nitrogens with two attached hydrogens (primary N) is 1. The van der Waals surface area contributed by atoms with Crippen LogP contribution in [0.5, 0.6) is 0 Å². The zero-order valence-electron chi connectivity index (χ0n) is 16.8. The summed E-state index contributed by atoms with van der Waals surface area (Å²) < 4.78 is 41.2. The van der Waals surface area contributed by atoms with Crippen molar-refractivity contribution in [2.45, 2.75) is 24.8 Å². The monoisotopic (exact) mass is 451 g/mol. The second-order valence-corrected chi connectivity index (χ2v) is 8.46. The highest BCUT2D eigenvalue weighted by Gasteiger charge is 2.27. The average molecular weight is 451 g/mol. The third-order valence-corrected chi connectivity index (χ3v) is 5.07. The van der Waals surface area contributed by atoms with Crippen LogP contribution in [0.4, 0.5) is 10.1 Å². The van der Waals surface area contributed by atoms with Gasteiger partial charge in [-0.05, 0) is 42.3 Å². The summed E-state index contributed by atoms with van der Waals surface area (Å²) in [6.07, 6.45) is 0. The molecule has 2 aromatic carbocycles. The molecule has 0 heterocycles. The van der Waals surface area contributed by atoms with Crippen molar-refractivity contribution >= 4 is 33.5 Å². The number of halogens is 1. The molecule has 0 aliphatic heterocycles. The van der Waals surface area contributed by atoms with Gasteiger partial charge in [-0.2, -0.15) is 0 Å². The number of rotatable bonds is 8. The lowest BCUT2D eigenvalue weighted by atomic mass is 10.0. The Morgan fingerprint density at radius 2 is 1.68 bits per heavy atom. The third kappa shape index (κ3) is 6.86. The molecule has 2 amide bonds. The van der Waals surface area contributed by atoms with Crippen molar-refractivity contribution in [3.63, 3.8) is 0 Å². The lowest BCUT2D eigenvalue weighted by Gasteiger charge is -2.21. The molecule has 0 saturated carbocycles. The van der Waals surface area contributed by atoms with E-state index in [-0.39, 0.29) is 16.1 Å². The number of sulfonamides is 1. The zero-order valence-corrected chi connectivity index (χ0v) is 17.6. The fourth-order valence-electron chi connectivity index (χ4n) is 2.51. The fraction of sp³-hybridized carbons (Fsp3) is 0.250. The Bertz CT molecular complexity index is 1070. The van der Waals surface area contributed by atoms with Gasteiger partial charge in [-0.15, -0.1) is 0 Å². The van der Waals surface area contributed by atoms with Crippen LogP contribution in [0, 0.1) is 11.7 Å². The van der Waals surface area contributed by atoms with E-state index >= 15 is 0 Å². The fourth-order valence-corrected chi connectivity index (χ4v) is 3.03. The maximum absolute atomic E-state index is 13.8. The summed E-state index contributed by atoms with van der Waals surface area (Å²) in [5, 5.41) is 9.84. The van der Waals surface area contributed by atoms with E-state index in [0.29, 0.717) is 0 Å². The molecule has 11 heteroatoms. The molecule has 0 spiro atoms.